The maximum Gasteiger partial charge on any atom is 0.343 e. The molecule has 0 aliphatic carbocycles. The second-order valence-corrected chi connectivity index (χ2v) is 10.6. The molecule has 2 N–H and O–H groups in total. The first-order valence-electron chi connectivity index (χ1n) is 12.5. The van der Waals surface area contributed by atoms with Crippen molar-refractivity contribution in [2.45, 2.75) is 25.7 Å². The molecule has 0 saturated carbocycles. The van der Waals surface area contributed by atoms with Crippen molar-refractivity contribution in [1.29, 1.82) is 0 Å². The molecule has 0 saturated heterocycles. The summed E-state index contributed by atoms with van der Waals surface area (Å²) in [4.78, 5) is 39.7. The minimum atomic E-state index is -0.629. The fourth-order valence-electron chi connectivity index (χ4n) is 4.95. The van der Waals surface area contributed by atoms with Crippen molar-refractivity contribution in [3.05, 3.63) is 122 Å². The molecule has 0 bridgehead atoms. The zero-order valence-corrected chi connectivity index (χ0v) is 21.6. The molecular weight excluding hydrogens is 516 g/mol. The first kappa shape index (κ1) is 24.8. The fraction of sp³-hybridized carbons (Fsp3) is 0.172. The Morgan fingerprint density at radius 2 is 1.85 bits per heavy atom. The van der Waals surface area contributed by atoms with E-state index < -0.39 is 17.1 Å². The number of hydrogen-bond acceptors (Lipinski definition) is 8. The Labute approximate surface area is 228 Å². The van der Waals surface area contributed by atoms with Gasteiger partial charge in [0, 0.05) is 36.6 Å². The van der Waals surface area contributed by atoms with Gasteiger partial charge in [-0.25, -0.2) is 4.79 Å². The maximum atomic E-state index is 13.2. The monoisotopic (exact) mass is 540 g/mol. The van der Waals surface area contributed by atoms with E-state index in [4.69, 9.17) is 4.74 Å². The highest BCUT2D eigenvalue weighted by molar-refractivity contribution is 7.16. The normalized spacial score (nSPS) is 16.4. The molecule has 0 radical (unpaired) electrons. The average Bonchev–Trinajstić information content (AvgIpc) is 3.32. The topological polar surface area (TPSA) is 114 Å². The summed E-state index contributed by atoms with van der Waals surface area (Å²) in [7, 11) is 0. The summed E-state index contributed by atoms with van der Waals surface area (Å²) >= 11 is 1.62. The number of fused-ring (bicyclic) bond motifs is 3. The van der Waals surface area contributed by atoms with Crippen molar-refractivity contribution < 1.29 is 19.2 Å². The summed E-state index contributed by atoms with van der Waals surface area (Å²) in [6.45, 7) is 2.57. The number of non-ortho nitro benzene ring substituents is 1. The van der Waals surface area contributed by atoms with Gasteiger partial charge in [0.05, 0.1) is 16.1 Å². The van der Waals surface area contributed by atoms with Crippen molar-refractivity contribution in [1.82, 2.24) is 10.2 Å². The molecule has 10 heteroatoms. The van der Waals surface area contributed by atoms with Gasteiger partial charge in [-0.1, -0.05) is 42.5 Å². The third-order valence-corrected chi connectivity index (χ3v) is 8.03. The molecule has 4 aromatic rings. The van der Waals surface area contributed by atoms with Crippen LogP contribution in [0.15, 0.2) is 78.9 Å². The van der Waals surface area contributed by atoms with Crippen LogP contribution >= 0.6 is 11.3 Å². The second kappa shape index (κ2) is 10.3. The highest BCUT2D eigenvalue weighted by Crippen LogP contribution is 2.41. The molecule has 1 amide bonds. The number of esters is 1. The summed E-state index contributed by atoms with van der Waals surface area (Å²) < 4.78 is 5.50. The van der Waals surface area contributed by atoms with E-state index in [2.05, 4.69) is 39.8 Å². The van der Waals surface area contributed by atoms with Crippen LogP contribution in [0.4, 0.5) is 10.7 Å². The number of carbonyl (C=O) groups excluding carboxylic acids is 2. The highest BCUT2D eigenvalue weighted by atomic mass is 32.1. The van der Waals surface area contributed by atoms with Gasteiger partial charge in [-0.15, -0.1) is 11.3 Å². The number of amides is 1. The molecular formula is C29H24N4O5S. The van der Waals surface area contributed by atoms with Crippen LogP contribution in [0.5, 0.6) is 5.75 Å². The molecule has 6 rings (SSSR count). The Kier molecular flexibility index (Phi) is 6.55. The van der Waals surface area contributed by atoms with Gasteiger partial charge in [0.25, 0.3) is 11.6 Å². The van der Waals surface area contributed by atoms with E-state index in [1.54, 1.807) is 29.5 Å². The van der Waals surface area contributed by atoms with Crippen LogP contribution in [0.25, 0.3) is 0 Å². The van der Waals surface area contributed by atoms with E-state index in [1.165, 1.54) is 34.7 Å². The Morgan fingerprint density at radius 1 is 1.05 bits per heavy atom. The third kappa shape index (κ3) is 5.12. The number of nitro benzene ring substituents is 1. The van der Waals surface area contributed by atoms with E-state index in [9.17, 15) is 19.7 Å². The summed E-state index contributed by atoms with van der Waals surface area (Å²) in [6, 6.07) is 22.5. The molecule has 1 unspecified atom stereocenters. The van der Waals surface area contributed by atoms with Crippen LogP contribution in [-0.4, -0.2) is 28.2 Å². The van der Waals surface area contributed by atoms with Crippen LogP contribution in [0.1, 0.15) is 48.4 Å². The minimum Gasteiger partial charge on any atom is -0.423 e. The summed E-state index contributed by atoms with van der Waals surface area (Å²) in [5.41, 5.74) is 3.95. The van der Waals surface area contributed by atoms with Crippen LogP contribution in [0, 0.1) is 10.1 Å². The van der Waals surface area contributed by atoms with Gasteiger partial charge in [0.2, 0.25) is 0 Å². The Balaban J connectivity index is 1.16. The van der Waals surface area contributed by atoms with Crippen molar-refractivity contribution in [2.75, 3.05) is 11.9 Å². The van der Waals surface area contributed by atoms with Gasteiger partial charge >= 0.3 is 5.97 Å². The van der Waals surface area contributed by atoms with Crippen LogP contribution < -0.4 is 15.4 Å². The van der Waals surface area contributed by atoms with Crippen molar-refractivity contribution in [3.63, 3.8) is 0 Å². The lowest BCUT2D eigenvalue weighted by Crippen LogP contribution is -2.38. The lowest BCUT2D eigenvalue weighted by molar-refractivity contribution is -0.384. The van der Waals surface area contributed by atoms with Gasteiger partial charge < -0.3 is 15.4 Å². The molecule has 1 aromatic heterocycles. The van der Waals surface area contributed by atoms with Gasteiger partial charge in [-0.3, -0.25) is 19.8 Å². The number of ether oxygens (including phenoxy) is 1. The average molecular weight is 541 g/mol. The van der Waals surface area contributed by atoms with E-state index in [0.29, 0.717) is 5.75 Å². The molecule has 0 fully saturated rings. The maximum absolute atomic E-state index is 13.2. The number of nitro groups is 1. The van der Waals surface area contributed by atoms with Crippen molar-refractivity contribution in [2.24, 2.45) is 0 Å². The van der Waals surface area contributed by atoms with Crippen LogP contribution in [0.2, 0.25) is 0 Å². The standard InChI is InChI=1S/C29H24N4O5S/c34-27-25-23-13-14-32(16-18-5-2-1-3-6-18)17-24(23)39-28(25)31-26(30-27)20-7-4-8-22(15-20)38-29(35)19-9-11-21(12-10-19)33(36)37/h1-12,15,26,31H,13-14,16-17H2,(H,30,34). The summed E-state index contributed by atoms with van der Waals surface area (Å²) in [5, 5.41) is 18.2. The predicted octanol–water partition coefficient (Wildman–Crippen LogP) is 5.29. The van der Waals surface area contributed by atoms with Gasteiger partial charge in [-0.2, -0.15) is 0 Å². The molecule has 0 spiro atoms. The first-order valence-corrected chi connectivity index (χ1v) is 13.3. The number of hydrogen-bond donors (Lipinski definition) is 2. The minimum absolute atomic E-state index is 0.105. The number of rotatable bonds is 6. The predicted molar refractivity (Wildman–Crippen MR) is 147 cm³/mol. The number of nitrogens with one attached hydrogen (secondary N) is 2. The molecule has 2 aliphatic rings. The van der Waals surface area contributed by atoms with Gasteiger partial charge in [0.15, 0.2) is 0 Å². The van der Waals surface area contributed by atoms with Gasteiger partial charge in [0.1, 0.15) is 16.9 Å². The number of thiophene rings is 1. The zero-order valence-electron chi connectivity index (χ0n) is 20.8. The lowest BCUT2D eigenvalue weighted by Gasteiger charge is -2.28. The van der Waals surface area contributed by atoms with Gasteiger partial charge in [-0.05, 0) is 47.4 Å². The molecule has 9 nitrogen and oxygen atoms in total. The Hall–Kier alpha value is -4.54. The summed E-state index contributed by atoms with van der Waals surface area (Å²) in [5.74, 6) is -0.438. The number of carbonyl (C=O) groups is 2. The number of benzene rings is 3. The molecule has 1 atom stereocenters. The summed E-state index contributed by atoms with van der Waals surface area (Å²) in [6.07, 6.45) is 0.338. The Morgan fingerprint density at radius 3 is 2.62 bits per heavy atom. The second-order valence-electron chi connectivity index (χ2n) is 9.47. The molecule has 3 heterocycles. The van der Waals surface area contributed by atoms with E-state index in [1.807, 2.05) is 12.1 Å². The van der Waals surface area contributed by atoms with E-state index >= 15 is 0 Å². The largest absolute Gasteiger partial charge is 0.423 e. The van der Waals surface area contributed by atoms with Crippen molar-refractivity contribution >= 4 is 33.9 Å². The molecule has 3 aromatic carbocycles. The van der Waals surface area contributed by atoms with E-state index in [0.717, 1.165) is 47.7 Å². The number of anilines is 1. The molecule has 196 valence electrons. The smallest absolute Gasteiger partial charge is 0.343 e. The SMILES string of the molecule is O=C(Oc1cccc(C2NC(=O)c3c(sc4c3CCN(Cc3ccccc3)C4)N2)c1)c1ccc([N+](=O)[O-])cc1. The zero-order chi connectivity index (χ0) is 26.9. The quantitative estimate of drug-likeness (QED) is 0.148. The van der Waals surface area contributed by atoms with Crippen LogP contribution in [-0.2, 0) is 19.5 Å². The first-order chi connectivity index (χ1) is 18.9. The Bertz CT molecular complexity index is 1570. The van der Waals surface area contributed by atoms with Crippen LogP contribution in [0.3, 0.4) is 0 Å². The number of nitrogens with zero attached hydrogens (tertiary/aromatic N) is 2. The highest BCUT2D eigenvalue weighted by Gasteiger charge is 2.33. The lowest BCUT2D eigenvalue weighted by atomic mass is 10.00. The molecule has 2 aliphatic heterocycles. The third-order valence-electron chi connectivity index (χ3n) is 6.88. The van der Waals surface area contributed by atoms with E-state index in [-0.39, 0.29) is 17.2 Å². The van der Waals surface area contributed by atoms with Crippen molar-refractivity contribution in [3.8, 4) is 5.75 Å². The fourth-order valence-corrected chi connectivity index (χ4v) is 6.27. The molecule has 39 heavy (non-hydrogen) atoms.